The van der Waals surface area contributed by atoms with Crippen LogP contribution in [0.25, 0.3) is 0 Å². The molecule has 0 unspecified atom stereocenters. The molecule has 0 atom stereocenters. The number of nitrogens with one attached hydrogen (secondary N) is 1. The van der Waals surface area contributed by atoms with Crippen molar-refractivity contribution in [3.8, 4) is 0 Å². The number of rotatable bonds is 4. The van der Waals surface area contributed by atoms with E-state index in [0.717, 1.165) is 22.9 Å². The maximum Gasteiger partial charge on any atom is 0.135 e. The SMILES string of the molecule is Cc1c(N)nc(C(C)C)nc1NCc1ccon1. The summed E-state index contributed by atoms with van der Waals surface area (Å²) in [4.78, 5) is 8.74. The second kappa shape index (κ2) is 5.03. The average Bonchev–Trinajstić information content (AvgIpc) is 2.83. The lowest BCUT2D eigenvalue weighted by Crippen LogP contribution is -2.10. The second-order valence-corrected chi connectivity index (χ2v) is 4.44. The fourth-order valence-corrected chi connectivity index (χ4v) is 1.49. The Morgan fingerprint density at radius 2 is 2.17 bits per heavy atom. The average molecular weight is 247 g/mol. The van der Waals surface area contributed by atoms with Gasteiger partial charge in [0.25, 0.3) is 0 Å². The van der Waals surface area contributed by atoms with Crippen LogP contribution in [0.3, 0.4) is 0 Å². The number of hydrogen-bond acceptors (Lipinski definition) is 6. The first kappa shape index (κ1) is 12.3. The normalized spacial score (nSPS) is 10.9. The zero-order valence-corrected chi connectivity index (χ0v) is 10.8. The molecule has 6 nitrogen and oxygen atoms in total. The van der Waals surface area contributed by atoms with Gasteiger partial charge in [0.2, 0.25) is 0 Å². The summed E-state index contributed by atoms with van der Waals surface area (Å²) in [6, 6.07) is 1.80. The Bertz CT molecular complexity index is 522. The zero-order chi connectivity index (χ0) is 13.1. The number of hydrogen-bond donors (Lipinski definition) is 2. The molecule has 2 aromatic heterocycles. The van der Waals surface area contributed by atoms with Gasteiger partial charge in [-0.3, -0.25) is 0 Å². The zero-order valence-electron chi connectivity index (χ0n) is 10.8. The lowest BCUT2D eigenvalue weighted by Gasteiger charge is -2.12. The van der Waals surface area contributed by atoms with E-state index in [-0.39, 0.29) is 5.92 Å². The highest BCUT2D eigenvalue weighted by atomic mass is 16.5. The van der Waals surface area contributed by atoms with Crippen molar-refractivity contribution >= 4 is 11.6 Å². The Morgan fingerprint density at radius 1 is 1.39 bits per heavy atom. The van der Waals surface area contributed by atoms with Crippen molar-refractivity contribution in [3.05, 3.63) is 29.4 Å². The van der Waals surface area contributed by atoms with E-state index in [4.69, 9.17) is 10.3 Å². The maximum atomic E-state index is 5.88. The van der Waals surface area contributed by atoms with E-state index < -0.39 is 0 Å². The number of nitrogen functional groups attached to an aromatic ring is 1. The van der Waals surface area contributed by atoms with Gasteiger partial charge in [-0.25, -0.2) is 9.97 Å². The summed E-state index contributed by atoms with van der Waals surface area (Å²) in [7, 11) is 0. The van der Waals surface area contributed by atoms with Crippen LogP contribution < -0.4 is 11.1 Å². The number of aromatic nitrogens is 3. The molecule has 0 aliphatic carbocycles. The highest BCUT2D eigenvalue weighted by Crippen LogP contribution is 2.21. The quantitative estimate of drug-likeness (QED) is 0.859. The lowest BCUT2D eigenvalue weighted by atomic mass is 10.2. The molecule has 0 bridgehead atoms. The van der Waals surface area contributed by atoms with E-state index in [1.54, 1.807) is 6.07 Å². The Hall–Kier alpha value is -2.11. The van der Waals surface area contributed by atoms with Gasteiger partial charge in [-0.2, -0.15) is 0 Å². The summed E-state index contributed by atoms with van der Waals surface area (Å²) in [5, 5.41) is 7.03. The first-order valence-corrected chi connectivity index (χ1v) is 5.85. The van der Waals surface area contributed by atoms with Gasteiger partial charge in [-0.05, 0) is 6.92 Å². The lowest BCUT2D eigenvalue weighted by molar-refractivity contribution is 0.412. The largest absolute Gasteiger partial charge is 0.383 e. The van der Waals surface area contributed by atoms with Crippen molar-refractivity contribution in [1.29, 1.82) is 0 Å². The summed E-state index contributed by atoms with van der Waals surface area (Å²) >= 11 is 0. The molecule has 0 radical (unpaired) electrons. The molecule has 0 saturated heterocycles. The minimum absolute atomic E-state index is 0.237. The van der Waals surface area contributed by atoms with E-state index in [0.29, 0.717) is 12.4 Å². The van der Waals surface area contributed by atoms with Crippen molar-refractivity contribution in [2.45, 2.75) is 33.2 Å². The standard InChI is InChI=1S/C12H17N5O/c1-7(2)11-15-10(13)8(3)12(16-11)14-6-9-4-5-18-17-9/h4-5,7H,6H2,1-3H3,(H3,13,14,15,16). The summed E-state index contributed by atoms with van der Waals surface area (Å²) in [5.41, 5.74) is 7.55. The van der Waals surface area contributed by atoms with Crippen molar-refractivity contribution in [2.24, 2.45) is 0 Å². The maximum absolute atomic E-state index is 5.88. The van der Waals surface area contributed by atoms with Crippen LogP contribution in [-0.2, 0) is 6.54 Å². The van der Waals surface area contributed by atoms with E-state index in [2.05, 4.69) is 20.4 Å². The monoisotopic (exact) mass is 247 g/mol. The predicted molar refractivity (Wildman–Crippen MR) is 69.1 cm³/mol. The molecule has 0 saturated carbocycles. The fraction of sp³-hybridized carbons (Fsp3) is 0.417. The number of nitrogens with zero attached hydrogens (tertiary/aromatic N) is 3. The van der Waals surface area contributed by atoms with Crippen LogP contribution in [0, 0.1) is 6.92 Å². The predicted octanol–water partition coefficient (Wildman–Crippen LogP) is 2.09. The minimum Gasteiger partial charge on any atom is -0.383 e. The third-order valence-corrected chi connectivity index (χ3v) is 2.65. The van der Waals surface area contributed by atoms with Crippen LogP contribution in [0.15, 0.2) is 16.9 Å². The smallest absolute Gasteiger partial charge is 0.135 e. The van der Waals surface area contributed by atoms with Gasteiger partial charge in [-0.15, -0.1) is 0 Å². The molecule has 2 heterocycles. The summed E-state index contributed by atoms with van der Waals surface area (Å²) in [6.07, 6.45) is 1.54. The van der Waals surface area contributed by atoms with Crippen LogP contribution in [0.4, 0.5) is 11.6 Å². The van der Waals surface area contributed by atoms with E-state index in [9.17, 15) is 0 Å². The molecule has 6 heteroatoms. The third kappa shape index (κ3) is 2.58. The molecule has 0 amide bonds. The van der Waals surface area contributed by atoms with E-state index in [1.807, 2.05) is 20.8 Å². The molecule has 96 valence electrons. The summed E-state index contributed by atoms with van der Waals surface area (Å²) < 4.78 is 4.77. The van der Waals surface area contributed by atoms with Gasteiger partial charge in [0, 0.05) is 17.5 Å². The van der Waals surface area contributed by atoms with Crippen molar-refractivity contribution < 1.29 is 4.52 Å². The molecule has 0 aromatic carbocycles. The van der Waals surface area contributed by atoms with Crippen LogP contribution in [0.2, 0.25) is 0 Å². The molecule has 0 aliphatic rings. The first-order chi connectivity index (χ1) is 8.58. The van der Waals surface area contributed by atoms with Crippen LogP contribution >= 0.6 is 0 Å². The summed E-state index contributed by atoms with van der Waals surface area (Å²) in [6.45, 7) is 6.51. The van der Waals surface area contributed by atoms with E-state index in [1.165, 1.54) is 6.26 Å². The van der Waals surface area contributed by atoms with Crippen molar-refractivity contribution in [2.75, 3.05) is 11.1 Å². The fourth-order valence-electron chi connectivity index (χ4n) is 1.49. The van der Waals surface area contributed by atoms with Gasteiger partial charge in [0.1, 0.15) is 29.4 Å². The van der Waals surface area contributed by atoms with E-state index >= 15 is 0 Å². The van der Waals surface area contributed by atoms with Gasteiger partial charge in [0.15, 0.2) is 0 Å². The molecule has 3 N–H and O–H groups in total. The topological polar surface area (TPSA) is 89.9 Å². The first-order valence-electron chi connectivity index (χ1n) is 5.85. The van der Waals surface area contributed by atoms with Gasteiger partial charge < -0.3 is 15.6 Å². The molecule has 2 rings (SSSR count). The van der Waals surface area contributed by atoms with Crippen molar-refractivity contribution in [1.82, 2.24) is 15.1 Å². The number of anilines is 2. The molecule has 0 spiro atoms. The highest BCUT2D eigenvalue weighted by Gasteiger charge is 2.11. The molecule has 18 heavy (non-hydrogen) atoms. The molecule has 0 fully saturated rings. The Balaban J connectivity index is 2.20. The third-order valence-electron chi connectivity index (χ3n) is 2.65. The molecule has 2 aromatic rings. The Morgan fingerprint density at radius 3 is 2.78 bits per heavy atom. The molecule has 0 aliphatic heterocycles. The van der Waals surface area contributed by atoms with Crippen LogP contribution in [0.1, 0.15) is 36.8 Å². The highest BCUT2D eigenvalue weighted by molar-refractivity contribution is 5.55. The van der Waals surface area contributed by atoms with Crippen LogP contribution in [0.5, 0.6) is 0 Å². The van der Waals surface area contributed by atoms with Crippen LogP contribution in [-0.4, -0.2) is 15.1 Å². The van der Waals surface area contributed by atoms with Gasteiger partial charge >= 0.3 is 0 Å². The number of nitrogens with two attached hydrogens (primary N) is 1. The summed E-state index contributed by atoms with van der Waals surface area (Å²) in [5.74, 6) is 2.23. The van der Waals surface area contributed by atoms with Crippen molar-refractivity contribution in [3.63, 3.8) is 0 Å². The molecular formula is C12H17N5O. The van der Waals surface area contributed by atoms with Gasteiger partial charge in [0.05, 0.1) is 6.54 Å². The minimum atomic E-state index is 0.237. The van der Waals surface area contributed by atoms with Gasteiger partial charge in [-0.1, -0.05) is 19.0 Å². The Labute approximate surface area is 106 Å². The Kier molecular flexibility index (Phi) is 3.45. The molecular weight excluding hydrogens is 230 g/mol. The second-order valence-electron chi connectivity index (χ2n) is 4.44.